The van der Waals surface area contributed by atoms with Crippen LogP contribution in [0.4, 0.5) is 5.69 Å². The van der Waals surface area contributed by atoms with Crippen LogP contribution in [0.25, 0.3) is 0 Å². The molecule has 0 aliphatic heterocycles. The number of carbonyl (C=O) groups is 3. The van der Waals surface area contributed by atoms with E-state index in [1.165, 1.54) is 11.3 Å². The lowest BCUT2D eigenvalue weighted by molar-refractivity contribution is -0.154. The fourth-order valence-corrected chi connectivity index (χ4v) is 2.32. The third-order valence-electron chi connectivity index (χ3n) is 2.62. The van der Waals surface area contributed by atoms with Gasteiger partial charge in [-0.1, -0.05) is 24.3 Å². The molecular weight excluding hydrogens is 304 g/mol. The number of para-hydroxylation sites is 1. The van der Waals surface area contributed by atoms with Crippen molar-refractivity contribution in [3.63, 3.8) is 0 Å². The van der Waals surface area contributed by atoms with E-state index in [9.17, 15) is 14.4 Å². The molecule has 2 aromatic rings. The zero-order valence-corrected chi connectivity index (χ0v) is 12.6. The molecule has 0 radical (unpaired) electrons. The van der Waals surface area contributed by atoms with E-state index in [1.807, 2.05) is 0 Å². The second-order valence-electron chi connectivity index (χ2n) is 4.11. The average molecular weight is 318 g/mol. The highest BCUT2D eigenvalue weighted by Gasteiger charge is 2.24. The van der Waals surface area contributed by atoms with Crippen molar-refractivity contribution < 1.29 is 19.1 Å². The van der Waals surface area contributed by atoms with Crippen LogP contribution >= 0.6 is 11.3 Å². The molecule has 0 aliphatic carbocycles. The number of amides is 2. The molecule has 0 spiro atoms. The van der Waals surface area contributed by atoms with Crippen molar-refractivity contribution in [1.29, 1.82) is 0 Å². The molecule has 1 aromatic carbocycles. The summed E-state index contributed by atoms with van der Waals surface area (Å²) in [5, 5.41) is 2.79. The van der Waals surface area contributed by atoms with Gasteiger partial charge in [0.25, 0.3) is 5.91 Å². The van der Waals surface area contributed by atoms with Crippen LogP contribution in [0.3, 0.4) is 0 Å². The molecule has 0 aliphatic rings. The number of thiophene rings is 1. The van der Waals surface area contributed by atoms with E-state index in [0.717, 1.165) is 5.01 Å². The first-order valence-electron chi connectivity index (χ1n) is 6.54. The smallest absolute Gasteiger partial charge is 0.398 e. The summed E-state index contributed by atoms with van der Waals surface area (Å²) >= 11 is 1.24. The molecule has 1 aromatic heterocycles. The van der Waals surface area contributed by atoms with E-state index in [0.29, 0.717) is 10.6 Å². The van der Waals surface area contributed by atoms with Gasteiger partial charge in [-0.3, -0.25) is 15.0 Å². The van der Waals surface area contributed by atoms with E-state index >= 15 is 0 Å². The largest absolute Gasteiger partial charge is 0.459 e. The number of esters is 1. The molecule has 1 N–H and O–H groups in total. The van der Waals surface area contributed by atoms with Gasteiger partial charge in [-0.2, -0.15) is 0 Å². The van der Waals surface area contributed by atoms with Gasteiger partial charge in [0.05, 0.1) is 17.2 Å². The summed E-state index contributed by atoms with van der Waals surface area (Å²) in [5.41, 5.74) is 2.73. The van der Waals surface area contributed by atoms with E-state index < -0.39 is 17.8 Å². The SMILES string of the molecule is CCOC(=O)C(=O)NN(C(=O)c1cccs1)c1ccccc1. The maximum atomic E-state index is 12.5. The average Bonchev–Trinajstić information content (AvgIpc) is 3.07. The minimum absolute atomic E-state index is 0.0798. The number of hydrazine groups is 1. The molecule has 1 heterocycles. The van der Waals surface area contributed by atoms with Crippen LogP contribution in [-0.4, -0.2) is 24.4 Å². The number of carbonyl (C=O) groups excluding carboxylic acids is 3. The van der Waals surface area contributed by atoms with Gasteiger partial charge in [-0.15, -0.1) is 11.3 Å². The lowest BCUT2D eigenvalue weighted by Crippen LogP contribution is -2.49. The molecule has 0 saturated carbocycles. The van der Waals surface area contributed by atoms with Gasteiger partial charge in [0, 0.05) is 0 Å². The van der Waals surface area contributed by atoms with Crippen LogP contribution in [0.5, 0.6) is 0 Å². The van der Waals surface area contributed by atoms with Crippen LogP contribution < -0.4 is 10.4 Å². The Kier molecular flexibility index (Phi) is 5.26. The molecule has 0 atom stereocenters. The predicted molar refractivity (Wildman–Crippen MR) is 82.3 cm³/mol. The number of rotatable bonds is 3. The maximum absolute atomic E-state index is 12.5. The van der Waals surface area contributed by atoms with E-state index in [1.54, 1.807) is 54.8 Å². The highest BCUT2D eigenvalue weighted by Crippen LogP contribution is 2.17. The zero-order chi connectivity index (χ0) is 15.9. The van der Waals surface area contributed by atoms with E-state index in [-0.39, 0.29) is 6.61 Å². The first-order chi connectivity index (χ1) is 10.6. The highest BCUT2D eigenvalue weighted by atomic mass is 32.1. The highest BCUT2D eigenvalue weighted by molar-refractivity contribution is 7.12. The molecular formula is C15H14N2O4S. The van der Waals surface area contributed by atoms with Crippen LogP contribution in [0.1, 0.15) is 16.6 Å². The molecule has 2 amide bonds. The van der Waals surface area contributed by atoms with Gasteiger partial charge in [-0.05, 0) is 30.5 Å². The number of hydrogen-bond acceptors (Lipinski definition) is 5. The number of benzene rings is 1. The second-order valence-corrected chi connectivity index (χ2v) is 5.06. The molecule has 0 bridgehead atoms. The third kappa shape index (κ3) is 3.70. The molecule has 0 fully saturated rings. The van der Waals surface area contributed by atoms with Gasteiger partial charge in [0.15, 0.2) is 0 Å². The molecule has 0 unspecified atom stereocenters. The Morgan fingerprint density at radius 1 is 1.14 bits per heavy atom. The Balaban J connectivity index is 2.25. The summed E-state index contributed by atoms with van der Waals surface area (Å²) in [6, 6.07) is 11.9. The summed E-state index contributed by atoms with van der Waals surface area (Å²) in [4.78, 5) is 36.2. The lowest BCUT2D eigenvalue weighted by atomic mass is 10.3. The van der Waals surface area contributed by atoms with Crippen LogP contribution in [0.2, 0.25) is 0 Å². The first kappa shape index (κ1) is 15.7. The number of hydrogen-bond donors (Lipinski definition) is 1. The van der Waals surface area contributed by atoms with Crippen molar-refractivity contribution in [2.75, 3.05) is 11.6 Å². The van der Waals surface area contributed by atoms with E-state index in [4.69, 9.17) is 0 Å². The van der Waals surface area contributed by atoms with Gasteiger partial charge in [0.1, 0.15) is 0 Å². The number of anilines is 1. The van der Waals surface area contributed by atoms with Crippen molar-refractivity contribution in [3.8, 4) is 0 Å². The normalized spacial score (nSPS) is 9.86. The summed E-state index contributed by atoms with van der Waals surface area (Å²) < 4.78 is 4.62. The maximum Gasteiger partial charge on any atom is 0.398 e. The van der Waals surface area contributed by atoms with Crippen LogP contribution in [-0.2, 0) is 14.3 Å². The minimum atomic E-state index is -1.04. The quantitative estimate of drug-likeness (QED) is 0.533. The van der Waals surface area contributed by atoms with Crippen molar-refractivity contribution in [2.24, 2.45) is 0 Å². The lowest BCUT2D eigenvalue weighted by Gasteiger charge is -2.22. The standard InChI is InChI=1S/C15H14N2O4S/c1-2-21-15(20)13(18)16-17(11-7-4-3-5-8-11)14(19)12-9-6-10-22-12/h3-10H,2H2,1H3,(H,16,18). The van der Waals surface area contributed by atoms with Gasteiger partial charge in [0.2, 0.25) is 0 Å². The number of nitrogens with zero attached hydrogens (tertiary/aromatic N) is 1. The monoisotopic (exact) mass is 318 g/mol. The first-order valence-corrected chi connectivity index (χ1v) is 7.42. The molecule has 114 valence electrons. The molecule has 22 heavy (non-hydrogen) atoms. The predicted octanol–water partition coefficient (Wildman–Crippen LogP) is 1.99. The Bertz CT molecular complexity index is 655. The minimum Gasteiger partial charge on any atom is -0.459 e. The summed E-state index contributed by atoms with van der Waals surface area (Å²) in [6.45, 7) is 1.67. The van der Waals surface area contributed by atoms with Crippen LogP contribution in [0, 0.1) is 0 Å². The molecule has 2 rings (SSSR count). The number of nitrogens with one attached hydrogen (secondary N) is 1. The Labute approximate surface area is 131 Å². The van der Waals surface area contributed by atoms with Crippen LogP contribution in [0.15, 0.2) is 47.8 Å². The topological polar surface area (TPSA) is 75.7 Å². The Hall–Kier alpha value is -2.67. The van der Waals surface area contributed by atoms with Crippen molar-refractivity contribution in [3.05, 3.63) is 52.7 Å². The van der Waals surface area contributed by atoms with Crippen molar-refractivity contribution >= 4 is 34.8 Å². The zero-order valence-electron chi connectivity index (χ0n) is 11.8. The molecule has 7 heteroatoms. The second kappa shape index (κ2) is 7.37. The Morgan fingerprint density at radius 3 is 2.45 bits per heavy atom. The third-order valence-corrected chi connectivity index (χ3v) is 3.48. The fourth-order valence-electron chi connectivity index (χ4n) is 1.66. The van der Waals surface area contributed by atoms with Gasteiger partial charge in [-0.25, -0.2) is 9.80 Å². The number of ether oxygens (including phenoxy) is 1. The van der Waals surface area contributed by atoms with Gasteiger partial charge < -0.3 is 4.74 Å². The Morgan fingerprint density at radius 2 is 1.86 bits per heavy atom. The summed E-state index contributed by atoms with van der Waals surface area (Å²) in [7, 11) is 0. The van der Waals surface area contributed by atoms with Crippen molar-refractivity contribution in [2.45, 2.75) is 6.92 Å². The summed E-state index contributed by atoms with van der Waals surface area (Å²) in [5.74, 6) is -2.48. The fraction of sp³-hybridized carbons (Fsp3) is 0.133. The summed E-state index contributed by atoms with van der Waals surface area (Å²) in [6.07, 6.45) is 0. The molecule has 0 saturated heterocycles. The van der Waals surface area contributed by atoms with E-state index in [2.05, 4.69) is 10.2 Å². The van der Waals surface area contributed by atoms with Gasteiger partial charge >= 0.3 is 11.9 Å². The molecule has 6 nitrogen and oxygen atoms in total. The van der Waals surface area contributed by atoms with Crippen molar-refractivity contribution in [1.82, 2.24) is 5.43 Å².